The van der Waals surface area contributed by atoms with Gasteiger partial charge < -0.3 is 21.1 Å². The number of methoxy groups -OCH3 is 1. The smallest absolute Gasteiger partial charge is 0.270 e. The van der Waals surface area contributed by atoms with Crippen LogP contribution in [-0.2, 0) is 14.4 Å². The summed E-state index contributed by atoms with van der Waals surface area (Å²) in [7, 11) is 1.64. The summed E-state index contributed by atoms with van der Waals surface area (Å²) in [5, 5.41) is 5.27. The highest BCUT2D eigenvalue weighted by Gasteiger charge is 2.32. The van der Waals surface area contributed by atoms with Crippen molar-refractivity contribution in [2.75, 3.05) is 7.11 Å². The van der Waals surface area contributed by atoms with Crippen molar-refractivity contribution < 1.29 is 19.1 Å². The summed E-state index contributed by atoms with van der Waals surface area (Å²) < 4.78 is 5.41. The monoisotopic (exact) mass is 343 g/mol. The van der Waals surface area contributed by atoms with Crippen LogP contribution in [0.5, 0.6) is 5.75 Å². The molecule has 0 spiro atoms. The first kappa shape index (κ1) is 17.0. The Labute approximate surface area is 145 Å². The second-order valence-electron chi connectivity index (χ2n) is 6.36. The zero-order valence-electron chi connectivity index (χ0n) is 14.0. The molecule has 7 heteroatoms. The van der Waals surface area contributed by atoms with Crippen LogP contribution in [0.2, 0.25) is 0 Å². The number of benzene rings is 1. The summed E-state index contributed by atoms with van der Waals surface area (Å²) in [5.41, 5.74) is 6.46. The molecule has 3 rings (SSSR count). The molecule has 1 aliphatic carbocycles. The van der Waals surface area contributed by atoms with E-state index in [-0.39, 0.29) is 29.8 Å². The number of Topliss-reactive ketones (excluding diaryl/α,β-unsaturated/α-hetero) is 1. The van der Waals surface area contributed by atoms with Crippen LogP contribution >= 0.6 is 0 Å². The van der Waals surface area contributed by atoms with Crippen molar-refractivity contribution in [3.8, 4) is 5.75 Å². The molecular weight excluding hydrogens is 322 g/mol. The van der Waals surface area contributed by atoms with Gasteiger partial charge in [0.2, 0.25) is 5.91 Å². The minimum Gasteiger partial charge on any atom is -0.496 e. The SMILES string of the molecule is COc1ccccc1C1CCC(NC(=O)C2=C(N)C(=O)CC(=O)N2)C1. The summed E-state index contributed by atoms with van der Waals surface area (Å²) in [4.78, 5) is 35.5. The molecule has 25 heavy (non-hydrogen) atoms. The second-order valence-corrected chi connectivity index (χ2v) is 6.36. The van der Waals surface area contributed by atoms with E-state index >= 15 is 0 Å². The highest BCUT2D eigenvalue weighted by Crippen LogP contribution is 2.38. The third-order valence-electron chi connectivity index (χ3n) is 4.73. The number of amides is 2. The molecule has 0 aromatic heterocycles. The van der Waals surface area contributed by atoms with Crippen molar-refractivity contribution in [2.45, 2.75) is 37.6 Å². The Kier molecular flexibility index (Phi) is 4.74. The lowest BCUT2D eigenvalue weighted by Crippen LogP contribution is -2.45. The average Bonchev–Trinajstić information content (AvgIpc) is 3.06. The molecule has 0 bridgehead atoms. The zero-order chi connectivity index (χ0) is 18.0. The first-order valence-corrected chi connectivity index (χ1v) is 8.26. The van der Waals surface area contributed by atoms with Crippen LogP contribution in [0, 0.1) is 0 Å². The number of hydrogen-bond donors (Lipinski definition) is 3. The van der Waals surface area contributed by atoms with E-state index < -0.39 is 17.6 Å². The third kappa shape index (κ3) is 3.50. The number of allylic oxidation sites excluding steroid dienone is 1. The highest BCUT2D eigenvalue weighted by atomic mass is 16.5. The number of ketones is 1. The number of hydrogen-bond acceptors (Lipinski definition) is 5. The standard InChI is InChI=1S/C18H21N3O4/c1-25-14-5-3-2-4-12(14)10-6-7-11(8-10)20-18(24)17-16(19)13(22)9-15(23)21-17/h2-5,10-11H,6-9,19H2,1H3,(H,20,24)(H,21,23). The van der Waals surface area contributed by atoms with Crippen LogP contribution in [0.3, 0.4) is 0 Å². The van der Waals surface area contributed by atoms with E-state index in [0.29, 0.717) is 0 Å². The van der Waals surface area contributed by atoms with E-state index in [9.17, 15) is 14.4 Å². The van der Waals surface area contributed by atoms with Gasteiger partial charge in [0, 0.05) is 6.04 Å². The molecule has 2 aliphatic rings. The molecule has 7 nitrogen and oxygen atoms in total. The fraction of sp³-hybridized carbons (Fsp3) is 0.389. The van der Waals surface area contributed by atoms with E-state index in [4.69, 9.17) is 10.5 Å². The van der Waals surface area contributed by atoms with E-state index in [1.807, 2.05) is 24.3 Å². The van der Waals surface area contributed by atoms with Crippen LogP contribution in [0.4, 0.5) is 0 Å². The van der Waals surface area contributed by atoms with Crippen molar-refractivity contribution in [3.05, 3.63) is 41.2 Å². The van der Waals surface area contributed by atoms with E-state index in [0.717, 1.165) is 30.6 Å². The van der Waals surface area contributed by atoms with Crippen molar-refractivity contribution in [1.82, 2.24) is 10.6 Å². The number of nitrogens with two attached hydrogens (primary N) is 1. The molecule has 1 aliphatic heterocycles. The fourth-order valence-electron chi connectivity index (χ4n) is 3.47. The Morgan fingerprint density at radius 3 is 2.80 bits per heavy atom. The number of rotatable bonds is 4. The molecule has 4 N–H and O–H groups in total. The van der Waals surface area contributed by atoms with Crippen LogP contribution in [-0.4, -0.2) is 30.7 Å². The average molecular weight is 343 g/mol. The zero-order valence-corrected chi connectivity index (χ0v) is 14.0. The molecule has 2 amide bonds. The summed E-state index contributed by atoms with van der Waals surface area (Å²) >= 11 is 0. The Balaban J connectivity index is 1.67. The number of ether oxygens (including phenoxy) is 1. The number of para-hydroxylation sites is 1. The van der Waals surface area contributed by atoms with Gasteiger partial charge in [-0.2, -0.15) is 0 Å². The highest BCUT2D eigenvalue weighted by molar-refractivity contribution is 6.16. The van der Waals surface area contributed by atoms with Gasteiger partial charge in [-0.3, -0.25) is 14.4 Å². The maximum Gasteiger partial charge on any atom is 0.270 e. The van der Waals surface area contributed by atoms with E-state index in [1.165, 1.54) is 0 Å². The molecule has 1 fully saturated rings. The second kappa shape index (κ2) is 6.96. The maximum atomic E-state index is 12.4. The largest absolute Gasteiger partial charge is 0.496 e. The molecule has 132 valence electrons. The molecule has 2 atom stereocenters. The predicted molar refractivity (Wildman–Crippen MR) is 90.5 cm³/mol. The minimum absolute atomic E-state index is 0.0448. The van der Waals surface area contributed by atoms with Crippen molar-refractivity contribution in [3.63, 3.8) is 0 Å². The van der Waals surface area contributed by atoms with Gasteiger partial charge in [-0.1, -0.05) is 18.2 Å². The molecule has 1 aromatic rings. The summed E-state index contributed by atoms with van der Waals surface area (Å²) in [6.07, 6.45) is 2.18. The van der Waals surface area contributed by atoms with E-state index in [1.54, 1.807) is 7.11 Å². The van der Waals surface area contributed by atoms with Crippen LogP contribution in [0.1, 0.15) is 37.2 Å². The lowest BCUT2D eigenvalue weighted by atomic mass is 9.96. The Morgan fingerprint density at radius 2 is 2.04 bits per heavy atom. The molecule has 0 saturated heterocycles. The summed E-state index contributed by atoms with van der Waals surface area (Å²) in [6, 6.07) is 7.81. The third-order valence-corrected chi connectivity index (χ3v) is 4.73. The normalized spacial score (nSPS) is 23.4. The van der Waals surface area contributed by atoms with Crippen LogP contribution < -0.4 is 21.1 Å². The summed E-state index contributed by atoms with van der Waals surface area (Å²) in [5.74, 6) is -0.411. The fourth-order valence-corrected chi connectivity index (χ4v) is 3.47. The van der Waals surface area contributed by atoms with Gasteiger partial charge in [0.1, 0.15) is 17.1 Å². The first-order chi connectivity index (χ1) is 12.0. The number of carbonyl (C=O) groups excluding carboxylic acids is 3. The Hall–Kier alpha value is -2.83. The Bertz CT molecular complexity index is 756. The number of carbonyl (C=O) groups is 3. The van der Waals surface area contributed by atoms with Crippen LogP contribution in [0.25, 0.3) is 0 Å². The summed E-state index contributed by atoms with van der Waals surface area (Å²) in [6.45, 7) is 0. The first-order valence-electron chi connectivity index (χ1n) is 8.26. The van der Waals surface area contributed by atoms with Crippen molar-refractivity contribution >= 4 is 17.6 Å². The van der Waals surface area contributed by atoms with Gasteiger partial charge >= 0.3 is 0 Å². The Morgan fingerprint density at radius 1 is 1.28 bits per heavy atom. The quantitative estimate of drug-likeness (QED) is 0.697. The number of nitrogens with one attached hydrogen (secondary N) is 2. The van der Waals surface area contributed by atoms with Gasteiger partial charge in [-0.25, -0.2) is 0 Å². The van der Waals surface area contributed by atoms with Gasteiger partial charge in [-0.15, -0.1) is 0 Å². The van der Waals surface area contributed by atoms with Gasteiger partial charge in [0.05, 0.1) is 13.5 Å². The lowest BCUT2D eigenvalue weighted by molar-refractivity contribution is -0.129. The van der Waals surface area contributed by atoms with Crippen molar-refractivity contribution in [2.24, 2.45) is 5.73 Å². The predicted octanol–water partition coefficient (Wildman–Crippen LogP) is 0.707. The minimum atomic E-state index is -0.521. The lowest BCUT2D eigenvalue weighted by Gasteiger charge is -2.20. The van der Waals surface area contributed by atoms with E-state index in [2.05, 4.69) is 10.6 Å². The molecule has 1 heterocycles. The van der Waals surface area contributed by atoms with Gasteiger partial charge in [0.15, 0.2) is 5.78 Å². The molecule has 1 aromatic carbocycles. The maximum absolute atomic E-state index is 12.4. The molecule has 2 unspecified atom stereocenters. The van der Waals surface area contributed by atoms with Gasteiger partial charge in [-0.05, 0) is 36.8 Å². The molecule has 1 saturated carbocycles. The van der Waals surface area contributed by atoms with Gasteiger partial charge in [0.25, 0.3) is 5.91 Å². The van der Waals surface area contributed by atoms with Crippen LogP contribution in [0.15, 0.2) is 35.7 Å². The molecular formula is C18H21N3O4. The van der Waals surface area contributed by atoms with Crippen molar-refractivity contribution in [1.29, 1.82) is 0 Å². The topological polar surface area (TPSA) is 111 Å². The molecule has 0 radical (unpaired) electrons.